The third-order valence-electron chi connectivity index (χ3n) is 4.80. The van der Waals surface area contributed by atoms with E-state index in [2.05, 4.69) is 10.4 Å². The molecule has 0 spiro atoms. The lowest BCUT2D eigenvalue weighted by molar-refractivity contribution is -0.123. The molecule has 150 valence electrons. The van der Waals surface area contributed by atoms with Crippen LogP contribution in [0.3, 0.4) is 0 Å². The molecule has 1 aromatic heterocycles. The largest absolute Gasteiger partial charge is 0.507 e. The van der Waals surface area contributed by atoms with Crippen molar-refractivity contribution in [2.24, 2.45) is 7.05 Å². The average Bonchev–Trinajstić information content (AvgIpc) is 2.81. The van der Waals surface area contributed by atoms with E-state index in [1.807, 2.05) is 20.9 Å². The number of hydrogen-bond acceptors (Lipinski definition) is 6. The molecule has 2 N–H and O–H groups in total. The SMILES string of the molecule is Cc1nn(C)c(C)c1CNC(=O)COc1cc(O)c2c(c1)OC(C)(C)CC2=O. The van der Waals surface area contributed by atoms with Gasteiger partial charge in [0.1, 0.15) is 28.4 Å². The Morgan fingerprint density at radius 3 is 2.75 bits per heavy atom. The number of rotatable bonds is 5. The van der Waals surface area contributed by atoms with E-state index in [1.54, 1.807) is 18.5 Å². The number of phenolic OH excluding ortho intramolecular Hbond substituents is 1. The van der Waals surface area contributed by atoms with Gasteiger partial charge in [-0.1, -0.05) is 0 Å². The summed E-state index contributed by atoms with van der Waals surface area (Å²) < 4.78 is 13.0. The molecule has 8 nitrogen and oxygen atoms in total. The number of fused-ring (bicyclic) bond motifs is 1. The van der Waals surface area contributed by atoms with Crippen molar-refractivity contribution in [2.45, 2.75) is 46.3 Å². The van der Waals surface area contributed by atoms with E-state index in [-0.39, 0.29) is 47.5 Å². The van der Waals surface area contributed by atoms with Crippen molar-refractivity contribution in [3.63, 3.8) is 0 Å². The van der Waals surface area contributed by atoms with Gasteiger partial charge in [-0.25, -0.2) is 0 Å². The summed E-state index contributed by atoms with van der Waals surface area (Å²) in [6.07, 6.45) is 0.184. The van der Waals surface area contributed by atoms with Gasteiger partial charge >= 0.3 is 0 Å². The Morgan fingerprint density at radius 2 is 2.11 bits per heavy atom. The molecule has 0 saturated carbocycles. The minimum absolute atomic E-state index is 0.152. The number of aryl methyl sites for hydroxylation is 2. The molecule has 1 aromatic carbocycles. The second-order valence-electron chi connectivity index (χ2n) is 7.62. The first-order valence-electron chi connectivity index (χ1n) is 9.05. The highest BCUT2D eigenvalue weighted by Gasteiger charge is 2.35. The zero-order valence-corrected chi connectivity index (χ0v) is 16.8. The molecule has 0 radical (unpaired) electrons. The van der Waals surface area contributed by atoms with Crippen molar-refractivity contribution in [1.29, 1.82) is 0 Å². The standard InChI is InChI=1S/C20H25N3O5/c1-11-14(12(2)23(5)22-11)9-21-18(26)10-27-13-6-15(24)19-16(25)8-20(3,4)28-17(19)7-13/h6-7,24H,8-10H2,1-5H3,(H,21,26). The first-order chi connectivity index (χ1) is 13.1. The van der Waals surface area contributed by atoms with E-state index in [1.165, 1.54) is 12.1 Å². The van der Waals surface area contributed by atoms with Gasteiger partial charge in [0.05, 0.1) is 12.1 Å². The highest BCUT2D eigenvalue weighted by molar-refractivity contribution is 6.03. The van der Waals surface area contributed by atoms with Crippen LogP contribution in [0.15, 0.2) is 12.1 Å². The number of ketones is 1. The monoisotopic (exact) mass is 387 g/mol. The molecule has 0 aliphatic carbocycles. The molecular formula is C20H25N3O5. The Morgan fingerprint density at radius 1 is 1.39 bits per heavy atom. The Balaban J connectivity index is 1.64. The highest BCUT2D eigenvalue weighted by Crippen LogP contribution is 2.40. The summed E-state index contributed by atoms with van der Waals surface area (Å²) >= 11 is 0. The number of nitrogens with zero attached hydrogens (tertiary/aromatic N) is 2. The van der Waals surface area contributed by atoms with Crippen LogP contribution in [-0.4, -0.2) is 38.8 Å². The molecule has 0 bridgehead atoms. The molecule has 28 heavy (non-hydrogen) atoms. The van der Waals surface area contributed by atoms with Gasteiger partial charge in [0.15, 0.2) is 12.4 Å². The molecule has 0 fully saturated rings. The van der Waals surface area contributed by atoms with Crippen LogP contribution in [0.4, 0.5) is 0 Å². The van der Waals surface area contributed by atoms with Crippen LogP contribution < -0.4 is 14.8 Å². The minimum Gasteiger partial charge on any atom is -0.507 e. The van der Waals surface area contributed by atoms with Crippen LogP contribution >= 0.6 is 0 Å². The van der Waals surface area contributed by atoms with E-state index in [0.29, 0.717) is 6.54 Å². The fraction of sp³-hybridized carbons (Fsp3) is 0.450. The van der Waals surface area contributed by atoms with Crippen molar-refractivity contribution < 1.29 is 24.2 Å². The Bertz CT molecular complexity index is 946. The molecule has 2 aromatic rings. The number of aromatic nitrogens is 2. The topological polar surface area (TPSA) is 103 Å². The normalized spacial score (nSPS) is 15.0. The van der Waals surface area contributed by atoms with Gasteiger partial charge in [-0.3, -0.25) is 14.3 Å². The van der Waals surface area contributed by atoms with Gasteiger partial charge in [0.2, 0.25) is 0 Å². The molecule has 2 heterocycles. The maximum absolute atomic E-state index is 12.2. The number of ether oxygens (including phenoxy) is 2. The van der Waals surface area contributed by atoms with Crippen molar-refractivity contribution >= 4 is 11.7 Å². The number of phenols is 1. The lowest BCUT2D eigenvalue weighted by Gasteiger charge is -2.32. The van der Waals surface area contributed by atoms with Gasteiger partial charge in [-0.2, -0.15) is 5.10 Å². The van der Waals surface area contributed by atoms with Crippen LogP contribution in [0, 0.1) is 13.8 Å². The Kier molecular flexibility index (Phi) is 5.06. The third-order valence-corrected chi connectivity index (χ3v) is 4.80. The molecule has 1 aliphatic heterocycles. The van der Waals surface area contributed by atoms with Crippen molar-refractivity contribution in [1.82, 2.24) is 15.1 Å². The third kappa shape index (κ3) is 3.95. The van der Waals surface area contributed by atoms with Crippen molar-refractivity contribution in [3.05, 3.63) is 34.6 Å². The van der Waals surface area contributed by atoms with Crippen molar-refractivity contribution in [3.8, 4) is 17.2 Å². The second kappa shape index (κ2) is 7.18. The summed E-state index contributed by atoms with van der Waals surface area (Å²) in [6.45, 7) is 7.56. The molecule has 8 heteroatoms. The average molecular weight is 387 g/mol. The molecule has 1 aliphatic rings. The molecule has 0 saturated heterocycles. The summed E-state index contributed by atoms with van der Waals surface area (Å²) in [5, 5.41) is 17.3. The van der Waals surface area contributed by atoms with Crippen LogP contribution in [0.2, 0.25) is 0 Å². The number of aromatic hydroxyl groups is 1. The first kappa shape index (κ1) is 19.7. The number of amides is 1. The van der Waals surface area contributed by atoms with E-state index in [4.69, 9.17) is 9.47 Å². The predicted molar refractivity (Wildman–Crippen MR) is 102 cm³/mol. The highest BCUT2D eigenvalue weighted by atomic mass is 16.5. The lowest BCUT2D eigenvalue weighted by atomic mass is 9.92. The summed E-state index contributed by atoms with van der Waals surface area (Å²) in [6, 6.07) is 2.84. The summed E-state index contributed by atoms with van der Waals surface area (Å²) in [4.78, 5) is 24.4. The molecule has 0 unspecified atom stereocenters. The zero-order valence-electron chi connectivity index (χ0n) is 16.8. The number of hydrogen-bond donors (Lipinski definition) is 2. The van der Waals surface area contributed by atoms with Gasteiger partial charge in [-0.15, -0.1) is 0 Å². The number of carbonyl (C=O) groups excluding carboxylic acids is 2. The number of carbonyl (C=O) groups is 2. The zero-order chi connectivity index (χ0) is 20.6. The van der Waals surface area contributed by atoms with Crippen LogP contribution in [0.5, 0.6) is 17.2 Å². The maximum atomic E-state index is 12.2. The first-order valence-corrected chi connectivity index (χ1v) is 9.05. The van der Waals surface area contributed by atoms with Gasteiger partial charge in [-0.05, 0) is 27.7 Å². The van der Waals surface area contributed by atoms with E-state index < -0.39 is 5.60 Å². The summed E-state index contributed by atoms with van der Waals surface area (Å²) in [7, 11) is 1.85. The fourth-order valence-electron chi connectivity index (χ4n) is 3.29. The predicted octanol–water partition coefficient (Wildman–Crippen LogP) is 2.18. The van der Waals surface area contributed by atoms with Gasteiger partial charge in [0, 0.05) is 37.0 Å². The summed E-state index contributed by atoms with van der Waals surface area (Å²) in [5.74, 6) is -0.189. The van der Waals surface area contributed by atoms with Gasteiger partial charge < -0.3 is 19.9 Å². The van der Waals surface area contributed by atoms with E-state index >= 15 is 0 Å². The Hall–Kier alpha value is -3.03. The number of nitrogens with one attached hydrogen (secondary N) is 1. The summed E-state index contributed by atoms with van der Waals surface area (Å²) in [5.41, 5.74) is 2.31. The van der Waals surface area contributed by atoms with Crippen molar-refractivity contribution in [2.75, 3.05) is 6.61 Å². The molecule has 1 amide bonds. The fourth-order valence-corrected chi connectivity index (χ4v) is 3.29. The maximum Gasteiger partial charge on any atom is 0.258 e. The van der Waals surface area contributed by atoms with E-state index in [9.17, 15) is 14.7 Å². The minimum atomic E-state index is -0.661. The molecule has 0 atom stereocenters. The second-order valence-corrected chi connectivity index (χ2v) is 7.62. The Labute approximate surface area is 163 Å². The number of benzene rings is 1. The molecular weight excluding hydrogens is 362 g/mol. The smallest absolute Gasteiger partial charge is 0.258 e. The van der Waals surface area contributed by atoms with Crippen LogP contribution in [-0.2, 0) is 18.4 Å². The van der Waals surface area contributed by atoms with E-state index in [0.717, 1.165) is 17.0 Å². The quantitative estimate of drug-likeness (QED) is 0.815. The number of Topliss-reactive ketones (excluding diaryl/α,β-unsaturated/α-hetero) is 1. The van der Waals surface area contributed by atoms with Crippen LogP contribution in [0.25, 0.3) is 0 Å². The molecule has 3 rings (SSSR count). The van der Waals surface area contributed by atoms with Crippen LogP contribution in [0.1, 0.15) is 47.6 Å². The lowest BCUT2D eigenvalue weighted by Crippen LogP contribution is -2.36. The van der Waals surface area contributed by atoms with Gasteiger partial charge in [0.25, 0.3) is 5.91 Å².